The molecule has 1 fully saturated rings. The van der Waals surface area contributed by atoms with Gasteiger partial charge in [-0.3, -0.25) is 4.79 Å². The Morgan fingerprint density at radius 1 is 1.42 bits per heavy atom. The van der Waals surface area contributed by atoms with Crippen LogP contribution in [0.5, 0.6) is 0 Å². The lowest BCUT2D eigenvalue weighted by Gasteiger charge is -2.33. The van der Waals surface area contributed by atoms with Crippen molar-refractivity contribution >= 4 is 29.3 Å². The Hall–Kier alpha value is -1.67. The van der Waals surface area contributed by atoms with E-state index in [1.165, 1.54) is 0 Å². The van der Waals surface area contributed by atoms with E-state index < -0.39 is 0 Å². The van der Waals surface area contributed by atoms with E-state index in [4.69, 9.17) is 11.6 Å². The monoisotopic (exact) mass is 366 g/mol. The number of tetrazole rings is 1. The average Bonchev–Trinajstić information content (AvgIpc) is 3.07. The van der Waals surface area contributed by atoms with Crippen LogP contribution in [0.1, 0.15) is 48.7 Å². The van der Waals surface area contributed by atoms with Crippen LogP contribution in [0.4, 0.5) is 0 Å². The molecule has 128 valence electrons. The lowest BCUT2D eigenvalue weighted by molar-refractivity contribution is 0.0694. The molecule has 2 aromatic rings. The Balaban J connectivity index is 1.90. The third kappa shape index (κ3) is 3.39. The quantitative estimate of drug-likeness (QED) is 0.821. The van der Waals surface area contributed by atoms with Crippen molar-refractivity contribution in [1.29, 1.82) is 0 Å². The minimum absolute atomic E-state index is 0.125. The van der Waals surface area contributed by atoms with E-state index in [2.05, 4.69) is 46.4 Å². The molecular formula is C15H19ClN6OS. The van der Waals surface area contributed by atoms with Gasteiger partial charge in [0.05, 0.1) is 5.56 Å². The smallest absolute Gasteiger partial charge is 0.257 e. The number of rotatable bonds is 2. The molecule has 0 aromatic carbocycles. The van der Waals surface area contributed by atoms with Gasteiger partial charge in [-0.15, -0.1) is 10.2 Å². The van der Waals surface area contributed by atoms with Crippen molar-refractivity contribution in [3.8, 4) is 0 Å². The van der Waals surface area contributed by atoms with Crippen molar-refractivity contribution in [3.63, 3.8) is 0 Å². The second-order valence-electron chi connectivity index (χ2n) is 6.64. The molecular weight excluding hydrogens is 348 g/mol. The Kier molecular flexibility index (Phi) is 4.78. The van der Waals surface area contributed by atoms with Crippen molar-refractivity contribution in [2.45, 2.75) is 32.2 Å². The zero-order chi connectivity index (χ0) is 17.3. The van der Waals surface area contributed by atoms with Gasteiger partial charge in [0.15, 0.2) is 5.82 Å². The van der Waals surface area contributed by atoms with E-state index in [1.54, 1.807) is 22.7 Å². The first kappa shape index (κ1) is 17.2. The normalized spacial score (nSPS) is 18.7. The summed E-state index contributed by atoms with van der Waals surface area (Å²) in [5.74, 6) is 1.97. The number of amides is 1. The summed E-state index contributed by atoms with van der Waals surface area (Å²) in [4.78, 5) is 19.2. The Bertz CT molecular complexity index is 730. The molecule has 0 aliphatic carbocycles. The van der Waals surface area contributed by atoms with Gasteiger partial charge in [-0.05, 0) is 12.1 Å². The second kappa shape index (κ2) is 6.68. The molecule has 1 aliphatic rings. The van der Waals surface area contributed by atoms with Crippen molar-refractivity contribution < 1.29 is 4.79 Å². The molecule has 24 heavy (non-hydrogen) atoms. The fraction of sp³-hybridized carbons (Fsp3) is 0.533. The van der Waals surface area contributed by atoms with Crippen molar-refractivity contribution in [2.24, 2.45) is 0 Å². The molecule has 0 bridgehead atoms. The van der Waals surface area contributed by atoms with Crippen LogP contribution in [-0.2, 0) is 5.41 Å². The molecule has 0 radical (unpaired) electrons. The summed E-state index contributed by atoms with van der Waals surface area (Å²) in [7, 11) is 0. The number of aromatic nitrogens is 5. The van der Waals surface area contributed by atoms with Crippen molar-refractivity contribution in [1.82, 2.24) is 30.5 Å². The van der Waals surface area contributed by atoms with Gasteiger partial charge in [0.25, 0.3) is 5.91 Å². The van der Waals surface area contributed by atoms with E-state index in [0.717, 1.165) is 17.2 Å². The number of nitrogens with zero attached hydrogens (tertiary/aromatic N) is 5. The zero-order valence-electron chi connectivity index (χ0n) is 13.8. The maximum Gasteiger partial charge on any atom is 0.257 e. The van der Waals surface area contributed by atoms with Gasteiger partial charge in [0, 0.05) is 29.2 Å². The maximum absolute atomic E-state index is 13.0. The number of halogens is 1. The van der Waals surface area contributed by atoms with Gasteiger partial charge in [0.2, 0.25) is 0 Å². The molecule has 0 saturated carbocycles. The molecule has 1 atom stereocenters. The number of nitrogens with one attached hydrogen (secondary N) is 1. The van der Waals surface area contributed by atoms with Crippen molar-refractivity contribution in [3.05, 3.63) is 34.4 Å². The number of carbonyl (C=O) groups is 1. The summed E-state index contributed by atoms with van der Waals surface area (Å²) in [5.41, 5.74) is 1.14. The molecule has 1 amide bonds. The van der Waals surface area contributed by atoms with Crippen LogP contribution in [-0.4, -0.2) is 54.5 Å². The molecule has 1 unspecified atom stereocenters. The van der Waals surface area contributed by atoms with Gasteiger partial charge < -0.3 is 4.90 Å². The summed E-state index contributed by atoms with van der Waals surface area (Å²) < 4.78 is 0. The minimum atomic E-state index is -0.214. The van der Waals surface area contributed by atoms with E-state index in [-0.39, 0.29) is 22.5 Å². The number of pyridine rings is 1. The van der Waals surface area contributed by atoms with Crippen LogP contribution in [0.2, 0.25) is 5.15 Å². The van der Waals surface area contributed by atoms with Gasteiger partial charge >= 0.3 is 0 Å². The molecule has 1 aliphatic heterocycles. The van der Waals surface area contributed by atoms with Crippen LogP contribution >= 0.6 is 23.4 Å². The molecule has 0 spiro atoms. The largest absolute Gasteiger partial charge is 0.326 e. The molecule has 3 heterocycles. The first-order valence-electron chi connectivity index (χ1n) is 7.67. The highest BCUT2D eigenvalue weighted by Gasteiger charge is 2.33. The number of H-pyrrole nitrogens is 1. The van der Waals surface area contributed by atoms with E-state index >= 15 is 0 Å². The highest BCUT2D eigenvalue weighted by atomic mass is 35.5. The van der Waals surface area contributed by atoms with Crippen molar-refractivity contribution in [2.75, 3.05) is 18.1 Å². The molecule has 1 N–H and O–H groups in total. The molecule has 7 nitrogen and oxygen atoms in total. The lowest BCUT2D eigenvalue weighted by Crippen LogP contribution is -2.41. The number of hydrogen-bond donors (Lipinski definition) is 1. The van der Waals surface area contributed by atoms with Crippen LogP contribution in [0.25, 0.3) is 0 Å². The van der Waals surface area contributed by atoms with Gasteiger partial charge in [-0.1, -0.05) is 37.6 Å². The maximum atomic E-state index is 13.0. The van der Waals surface area contributed by atoms with Crippen LogP contribution in [0, 0.1) is 0 Å². The summed E-state index contributed by atoms with van der Waals surface area (Å²) in [6.07, 6.45) is 0. The summed E-state index contributed by atoms with van der Waals surface area (Å²) in [6.45, 7) is 6.78. The zero-order valence-corrected chi connectivity index (χ0v) is 15.4. The van der Waals surface area contributed by atoms with Gasteiger partial charge in [-0.2, -0.15) is 17.0 Å². The molecule has 1 saturated heterocycles. The topological polar surface area (TPSA) is 87.7 Å². The fourth-order valence-corrected chi connectivity index (χ4v) is 3.82. The Morgan fingerprint density at radius 2 is 2.21 bits per heavy atom. The molecule has 9 heteroatoms. The van der Waals surface area contributed by atoms with Gasteiger partial charge in [0.1, 0.15) is 11.2 Å². The van der Waals surface area contributed by atoms with Gasteiger partial charge in [-0.25, -0.2) is 4.98 Å². The second-order valence-corrected chi connectivity index (χ2v) is 8.15. The van der Waals surface area contributed by atoms with E-state index in [9.17, 15) is 4.79 Å². The molecule has 3 rings (SSSR count). The third-order valence-electron chi connectivity index (χ3n) is 3.90. The van der Waals surface area contributed by atoms with E-state index in [1.807, 2.05) is 6.07 Å². The van der Waals surface area contributed by atoms with Crippen LogP contribution < -0.4 is 0 Å². The van der Waals surface area contributed by atoms with E-state index in [0.29, 0.717) is 17.9 Å². The first-order chi connectivity index (χ1) is 11.4. The third-order valence-corrected chi connectivity index (χ3v) is 5.21. The molecule has 2 aromatic heterocycles. The summed E-state index contributed by atoms with van der Waals surface area (Å²) in [5, 5.41) is 14.3. The number of thioether (sulfide) groups is 1. The Morgan fingerprint density at radius 3 is 2.83 bits per heavy atom. The summed E-state index contributed by atoms with van der Waals surface area (Å²) >= 11 is 8.07. The average molecular weight is 367 g/mol. The lowest BCUT2D eigenvalue weighted by atomic mass is 9.91. The highest BCUT2D eigenvalue weighted by molar-refractivity contribution is 7.99. The Labute approximate surface area is 149 Å². The van der Waals surface area contributed by atoms with Crippen LogP contribution in [0.15, 0.2) is 12.1 Å². The van der Waals surface area contributed by atoms with Crippen LogP contribution in [0.3, 0.4) is 0 Å². The standard InChI is InChI=1S/C15H19ClN6OS/c1-15(2,3)11-5-4-9(12(16)17-11)14(23)22-6-7-24-8-10(22)13-18-20-21-19-13/h4-5,10H,6-8H2,1-3H3,(H,18,19,20,21). The summed E-state index contributed by atoms with van der Waals surface area (Å²) in [6, 6.07) is 3.41. The SMILES string of the molecule is CC(C)(C)c1ccc(C(=O)N2CCSCC2c2nn[nH]n2)c(Cl)n1. The predicted octanol–water partition coefficient (Wildman–Crippen LogP) is 2.48. The number of carbonyl (C=O) groups excluding carboxylic acids is 1. The minimum Gasteiger partial charge on any atom is -0.326 e. The number of hydrogen-bond acceptors (Lipinski definition) is 6. The predicted molar refractivity (Wildman–Crippen MR) is 93.2 cm³/mol. The fourth-order valence-electron chi connectivity index (χ4n) is 2.54. The number of aromatic amines is 1. The highest BCUT2D eigenvalue weighted by Crippen LogP contribution is 2.30. The first-order valence-corrected chi connectivity index (χ1v) is 9.20.